The summed E-state index contributed by atoms with van der Waals surface area (Å²) in [5.41, 5.74) is 0.992. The fraction of sp³-hybridized carbons (Fsp3) is 0.533. The Morgan fingerprint density at radius 3 is 2.42 bits per heavy atom. The maximum absolute atomic E-state index is 5.61. The van der Waals surface area contributed by atoms with E-state index in [1.807, 2.05) is 38.1 Å². The molecule has 0 heterocycles. The van der Waals surface area contributed by atoms with Gasteiger partial charge in [0.2, 0.25) is 0 Å². The molecule has 0 unspecified atom stereocenters. The quantitative estimate of drug-likeness (QED) is 0.823. The molecule has 3 nitrogen and oxygen atoms in total. The Hall–Kier alpha value is -1.29. The summed E-state index contributed by atoms with van der Waals surface area (Å²) in [6.45, 7) is 4.04. The summed E-state index contributed by atoms with van der Waals surface area (Å²) in [4.78, 5) is 0. The van der Waals surface area contributed by atoms with Gasteiger partial charge in [0.05, 0.1) is 6.10 Å². The summed E-state index contributed by atoms with van der Waals surface area (Å²) in [5.74, 6) is 0.884. The molecule has 2 rings (SSSR count). The molecule has 0 aliphatic heterocycles. The molecular formula is C15H22N2OS. The van der Waals surface area contributed by atoms with E-state index in [2.05, 4.69) is 10.6 Å². The summed E-state index contributed by atoms with van der Waals surface area (Å²) in [7, 11) is 0. The fourth-order valence-corrected chi connectivity index (χ4v) is 2.60. The molecule has 0 radical (unpaired) electrons. The Balaban J connectivity index is 1.82. The number of benzene rings is 1. The molecule has 1 aromatic rings. The average molecular weight is 278 g/mol. The van der Waals surface area contributed by atoms with Gasteiger partial charge in [-0.05, 0) is 63.2 Å². The van der Waals surface area contributed by atoms with Crippen LogP contribution in [-0.2, 0) is 0 Å². The van der Waals surface area contributed by atoms with Crippen molar-refractivity contribution in [3.05, 3.63) is 24.3 Å². The van der Waals surface area contributed by atoms with E-state index in [0.717, 1.165) is 11.4 Å². The number of hydrogen-bond donors (Lipinski definition) is 2. The smallest absolute Gasteiger partial charge is 0.170 e. The standard InChI is InChI=1S/C15H22N2OS/c1-11(2)18-14-9-7-13(8-10-14)17-15(19)16-12-5-3-4-6-12/h7-12H,3-6H2,1-2H3,(H2,16,17,19). The third-order valence-electron chi connectivity index (χ3n) is 3.17. The maximum atomic E-state index is 5.61. The SMILES string of the molecule is CC(C)Oc1ccc(NC(=S)NC2CCCC2)cc1. The van der Waals surface area contributed by atoms with Crippen LogP contribution in [0.15, 0.2) is 24.3 Å². The molecule has 0 spiro atoms. The summed E-state index contributed by atoms with van der Waals surface area (Å²) in [6.07, 6.45) is 5.26. The molecule has 19 heavy (non-hydrogen) atoms. The second-order valence-electron chi connectivity index (χ2n) is 5.27. The van der Waals surface area contributed by atoms with Crippen molar-refractivity contribution in [3.8, 4) is 5.75 Å². The van der Waals surface area contributed by atoms with Crippen molar-refractivity contribution in [2.24, 2.45) is 0 Å². The number of anilines is 1. The van der Waals surface area contributed by atoms with Crippen molar-refractivity contribution in [1.82, 2.24) is 5.32 Å². The molecule has 4 heteroatoms. The van der Waals surface area contributed by atoms with Gasteiger partial charge in [-0.1, -0.05) is 12.8 Å². The zero-order valence-electron chi connectivity index (χ0n) is 11.6. The minimum absolute atomic E-state index is 0.198. The van der Waals surface area contributed by atoms with Crippen molar-refractivity contribution >= 4 is 23.0 Å². The Morgan fingerprint density at radius 1 is 1.21 bits per heavy atom. The van der Waals surface area contributed by atoms with Crippen LogP contribution in [0.2, 0.25) is 0 Å². The Kier molecular flexibility index (Phi) is 5.02. The lowest BCUT2D eigenvalue weighted by molar-refractivity contribution is 0.242. The van der Waals surface area contributed by atoms with Crippen LogP contribution in [0.25, 0.3) is 0 Å². The summed E-state index contributed by atoms with van der Waals surface area (Å²) >= 11 is 5.32. The molecule has 1 aromatic carbocycles. The zero-order valence-corrected chi connectivity index (χ0v) is 12.4. The van der Waals surface area contributed by atoms with Crippen molar-refractivity contribution in [2.75, 3.05) is 5.32 Å². The third kappa shape index (κ3) is 4.71. The van der Waals surface area contributed by atoms with Gasteiger partial charge in [0.1, 0.15) is 5.75 Å². The van der Waals surface area contributed by atoms with Crippen LogP contribution in [0.1, 0.15) is 39.5 Å². The first-order valence-electron chi connectivity index (χ1n) is 6.98. The summed E-state index contributed by atoms with van der Waals surface area (Å²) in [6, 6.07) is 8.44. The predicted octanol–water partition coefficient (Wildman–Crippen LogP) is 3.70. The predicted molar refractivity (Wildman–Crippen MR) is 83.8 cm³/mol. The van der Waals surface area contributed by atoms with E-state index in [9.17, 15) is 0 Å². The second kappa shape index (κ2) is 6.75. The van der Waals surface area contributed by atoms with E-state index in [1.54, 1.807) is 0 Å². The van der Waals surface area contributed by atoms with Crippen molar-refractivity contribution in [1.29, 1.82) is 0 Å². The van der Waals surface area contributed by atoms with Crippen molar-refractivity contribution < 1.29 is 4.74 Å². The normalized spacial score (nSPS) is 15.5. The first kappa shape index (κ1) is 14.1. The molecule has 0 saturated heterocycles. The van der Waals surface area contributed by atoms with Crippen LogP contribution >= 0.6 is 12.2 Å². The molecule has 0 bridgehead atoms. The molecule has 104 valence electrons. The Labute approximate surface area is 120 Å². The summed E-state index contributed by atoms with van der Waals surface area (Å²) in [5, 5.41) is 7.29. The molecular weight excluding hydrogens is 256 g/mol. The van der Waals surface area contributed by atoms with E-state index >= 15 is 0 Å². The maximum Gasteiger partial charge on any atom is 0.170 e. The van der Waals surface area contributed by atoms with Gasteiger partial charge < -0.3 is 15.4 Å². The zero-order chi connectivity index (χ0) is 13.7. The highest BCUT2D eigenvalue weighted by Crippen LogP contribution is 2.19. The molecule has 0 atom stereocenters. The largest absolute Gasteiger partial charge is 0.491 e. The fourth-order valence-electron chi connectivity index (χ4n) is 2.31. The van der Waals surface area contributed by atoms with Gasteiger partial charge in [0.15, 0.2) is 5.11 Å². The molecule has 0 aromatic heterocycles. The van der Waals surface area contributed by atoms with Crippen LogP contribution in [0.4, 0.5) is 5.69 Å². The van der Waals surface area contributed by atoms with E-state index < -0.39 is 0 Å². The highest BCUT2D eigenvalue weighted by molar-refractivity contribution is 7.80. The first-order valence-corrected chi connectivity index (χ1v) is 7.38. The van der Waals surface area contributed by atoms with Crippen LogP contribution in [0, 0.1) is 0 Å². The van der Waals surface area contributed by atoms with Gasteiger partial charge in [-0.3, -0.25) is 0 Å². The van der Waals surface area contributed by atoms with E-state index in [1.165, 1.54) is 25.7 Å². The molecule has 1 fully saturated rings. The Morgan fingerprint density at radius 2 is 1.84 bits per heavy atom. The van der Waals surface area contributed by atoms with Crippen molar-refractivity contribution in [2.45, 2.75) is 51.7 Å². The van der Waals surface area contributed by atoms with Gasteiger partial charge >= 0.3 is 0 Å². The Bertz CT molecular complexity index is 411. The molecule has 1 aliphatic rings. The number of ether oxygens (including phenoxy) is 1. The molecule has 0 amide bonds. The average Bonchev–Trinajstić information content (AvgIpc) is 2.83. The molecule has 2 N–H and O–H groups in total. The van der Waals surface area contributed by atoms with Crippen molar-refractivity contribution in [3.63, 3.8) is 0 Å². The lowest BCUT2D eigenvalue weighted by atomic mass is 10.2. The van der Waals surface area contributed by atoms with Crippen LogP contribution < -0.4 is 15.4 Å². The second-order valence-corrected chi connectivity index (χ2v) is 5.68. The minimum atomic E-state index is 0.198. The van der Waals surface area contributed by atoms with E-state index in [4.69, 9.17) is 17.0 Å². The topological polar surface area (TPSA) is 33.3 Å². The molecule has 1 aliphatic carbocycles. The highest BCUT2D eigenvalue weighted by atomic mass is 32.1. The number of hydrogen-bond acceptors (Lipinski definition) is 2. The van der Waals surface area contributed by atoms with Crippen LogP contribution in [-0.4, -0.2) is 17.3 Å². The lowest BCUT2D eigenvalue weighted by Gasteiger charge is -2.16. The van der Waals surface area contributed by atoms with Crippen LogP contribution in [0.3, 0.4) is 0 Å². The number of thiocarbonyl (C=S) groups is 1. The monoisotopic (exact) mass is 278 g/mol. The van der Waals surface area contributed by atoms with Gasteiger partial charge in [-0.2, -0.15) is 0 Å². The summed E-state index contributed by atoms with van der Waals surface area (Å²) < 4.78 is 5.61. The van der Waals surface area contributed by atoms with Crippen LogP contribution in [0.5, 0.6) is 5.75 Å². The highest BCUT2D eigenvalue weighted by Gasteiger charge is 2.15. The first-order chi connectivity index (χ1) is 9.13. The third-order valence-corrected chi connectivity index (χ3v) is 3.39. The lowest BCUT2D eigenvalue weighted by Crippen LogP contribution is -2.35. The van der Waals surface area contributed by atoms with E-state index in [0.29, 0.717) is 11.2 Å². The van der Waals surface area contributed by atoms with Gasteiger partial charge in [0.25, 0.3) is 0 Å². The minimum Gasteiger partial charge on any atom is -0.491 e. The molecule has 1 saturated carbocycles. The van der Waals surface area contributed by atoms with E-state index in [-0.39, 0.29) is 6.10 Å². The number of rotatable bonds is 4. The van der Waals surface area contributed by atoms with Gasteiger partial charge in [0, 0.05) is 11.7 Å². The van der Waals surface area contributed by atoms with Gasteiger partial charge in [-0.15, -0.1) is 0 Å². The number of nitrogens with one attached hydrogen (secondary N) is 2. The van der Waals surface area contributed by atoms with Gasteiger partial charge in [-0.25, -0.2) is 0 Å².